The van der Waals surface area contributed by atoms with E-state index in [1.807, 2.05) is 0 Å². The molecule has 2 heterocycles. The molecule has 2 amide bonds. The maximum atomic E-state index is 12.7. The third kappa shape index (κ3) is 2.52. The van der Waals surface area contributed by atoms with E-state index in [2.05, 4.69) is 5.32 Å². The van der Waals surface area contributed by atoms with Crippen LogP contribution < -0.4 is 10.1 Å². The molecule has 26 heavy (non-hydrogen) atoms. The van der Waals surface area contributed by atoms with Crippen molar-refractivity contribution in [2.75, 3.05) is 6.61 Å². The number of hydrogen-bond donors (Lipinski definition) is 2. The Morgan fingerprint density at radius 3 is 2.46 bits per heavy atom. The normalized spacial score (nSPS) is 28.0. The number of para-hydroxylation sites is 1. The van der Waals surface area contributed by atoms with Gasteiger partial charge >= 0.3 is 5.97 Å². The Morgan fingerprint density at radius 2 is 1.88 bits per heavy atom. The summed E-state index contributed by atoms with van der Waals surface area (Å²) in [6.07, 6.45) is 0. The van der Waals surface area contributed by atoms with E-state index in [4.69, 9.17) is 4.74 Å². The number of benzene rings is 1. The summed E-state index contributed by atoms with van der Waals surface area (Å²) in [4.78, 5) is 36.6. The number of ether oxygens (including phenoxy) is 1. The maximum Gasteiger partial charge on any atom is 0.328 e. The van der Waals surface area contributed by atoms with Crippen molar-refractivity contribution in [3.8, 4) is 5.75 Å². The van der Waals surface area contributed by atoms with Gasteiger partial charge in [0.2, 0.25) is 5.91 Å². The molecule has 1 aromatic carbocycles. The Bertz CT molecular complexity index is 866. The van der Waals surface area contributed by atoms with Crippen LogP contribution in [0.2, 0.25) is 0 Å². The average Bonchev–Trinajstić information content (AvgIpc) is 2.72. The number of aliphatic carboxylic acids is 1. The molecule has 3 atom stereocenters. The second kappa shape index (κ2) is 5.97. The third-order valence-electron chi connectivity index (χ3n) is 4.73. The van der Waals surface area contributed by atoms with E-state index < -0.39 is 56.4 Å². The van der Waals surface area contributed by atoms with E-state index >= 15 is 0 Å². The molecule has 140 valence electrons. The highest BCUT2D eigenvalue weighted by Gasteiger charge is 2.72. The number of nitrogens with one attached hydrogen (secondary N) is 1. The minimum Gasteiger partial charge on any atom is -0.484 e. The van der Waals surface area contributed by atoms with Gasteiger partial charge in [-0.15, -0.1) is 0 Å². The number of carboxylic acid groups (broad SMARTS) is 1. The summed E-state index contributed by atoms with van der Waals surface area (Å²) >= 11 is 0. The number of carbonyl (C=O) groups is 3. The number of amides is 2. The van der Waals surface area contributed by atoms with Crippen molar-refractivity contribution in [2.45, 2.75) is 36.1 Å². The van der Waals surface area contributed by atoms with Crippen LogP contribution in [0.3, 0.4) is 0 Å². The lowest BCUT2D eigenvalue weighted by Crippen LogP contribution is -2.72. The molecule has 0 aromatic heterocycles. The number of carbonyl (C=O) groups excluding carboxylic acids is 2. The second-order valence-corrected chi connectivity index (χ2v) is 9.30. The van der Waals surface area contributed by atoms with E-state index in [1.165, 1.54) is 13.8 Å². The van der Waals surface area contributed by atoms with Crippen LogP contribution in [-0.2, 0) is 24.2 Å². The highest BCUT2D eigenvalue weighted by atomic mass is 32.2. The van der Waals surface area contributed by atoms with Gasteiger partial charge in [0.15, 0.2) is 21.8 Å². The monoisotopic (exact) mass is 382 g/mol. The summed E-state index contributed by atoms with van der Waals surface area (Å²) in [5, 5.41) is 10.3. The van der Waals surface area contributed by atoms with E-state index in [-0.39, 0.29) is 0 Å². The first-order valence-electron chi connectivity index (χ1n) is 7.84. The molecule has 0 saturated carbocycles. The predicted molar refractivity (Wildman–Crippen MR) is 88.9 cm³/mol. The number of rotatable bonds is 5. The van der Waals surface area contributed by atoms with Crippen LogP contribution in [0.4, 0.5) is 0 Å². The zero-order chi connectivity index (χ0) is 19.3. The summed E-state index contributed by atoms with van der Waals surface area (Å²) in [7, 11) is -3.99. The van der Waals surface area contributed by atoms with Gasteiger partial charge in [-0.25, -0.2) is 13.2 Å². The van der Waals surface area contributed by atoms with Gasteiger partial charge in [-0.2, -0.15) is 0 Å². The average molecular weight is 382 g/mol. The summed E-state index contributed by atoms with van der Waals surface area (Å²) in [6.45, 7) is 2.14. The minimum atomic E-state index is -3.99. The SMILES string of the molecule is CC1(C)[C@H](C(=O)O)N2C(=O)C(NC(=O)COc3ccccc3)[C@H]2S1(=O)=O. The first kappa shape index (κ1) is 18.2. The molecule has 0 radical (unpaired) electrons. The van der Waals surface area contributed by atoms with E-state index in [1.54, 1.807) is 30.3 Å². The van der Waals surface area contributed by atoms with Crippen molar-refractivity contribution in [3.63, 3.8) is 0 Å². The third-order valence-corrected chi connectivity index (χ3v) is 7.56. The minimum absolute atomic E-state index is 0.397. The molecule has 1 unspecified atom stereocenters. The van der Waals surface area contributed by atoms with Crippen LogP contribution in [0, 0.1) is 0 Å². The van der Waals surface area contributed by atoms with Gasteiger partial charge in [-0.1, -0.05) is 18.2 Å². The number of fused-ring (bicyclic) bond motifs is 1. The molecule has 0 bridgehead atoms. The lowest BCUT2D eigenvalue weighted by Gasteiger charge is -2.42. The van der Waals surface area contributed by atoms with Crippen LogP contribution in [0.5, 0.6) is 5.75 Å². The summed E-state index contributed by atoms with van der Waals surface area (Å²) in [6, 6.07) is 5.71. The molecule has 2 N–H and O–H groups in total. The van der Waals surface area contributed by atoms with Gasteiger partial charge in [0.25, 0.3) is 5.91 Å². The Labute approximate surface area is 149 Å². The number of nitrogens with zero attached hydrogens (tertiary/aromatic N) is 1. The highest BCUT2D eigenvalue weighted by Crippen LogP contribution is 2.45. The van der Waals surface area contributed by atoms with E-state index in [9.17, 15) is 27.9 Å². The first-order valence-corrected chi connectivity index (χ1v) is 9.39. The standard InChI is InChI=1S/C16H18N2O7S/c1-16(2)12(15(21)22)18-13(20)11(14(18)26(16,23)24)17-10(19)8-25-9-6-4-3-5-7-9/h3-7,11-12,14H,8H2,1-2H3,(H,17,19)(H,21,22)/t11?,12-,14+/m0/s1. The molecule has 0 aliphatic carbocycles. The van der Waals surface area contributed by atoms with Crippen molar-refractivity contribution in [1.29, 1.82) is 0 Å². The number of hydrogen-bond acceptors (Lipinski definition) is 6. The summed E-state index contributed by atoms with van der Waals surface area (Å²) in [5.74, 6) is -2.35. The lowest BCUT2D eigenvalue weighted by atomic mass is 9.96. The molecule has 2 saturated heterocycles. The molecular weight excluding hydrogens is 364 g/mol. The number of carboxylic acids is 1. The van der Waals surface area contributed by atoms with Crippen molar-refractivity contribution in [2.24, 2.45) is 0 Å². The van der Waals surface area contributed by atoms with Gasteiger partial charge in [0.05, 0.1) is 0 Å². The van der Waals surface area contributed by atoms with Gasteiger partial charge in [-0.3, -0.25) is 9.59 Å². The quantitative estimate of drug-likeness (QED) is 0.649. The lowest BCUT2D eigenvalue weighted by molar-refractivity contribution is -0.161. The van der Waals surface area contributed by atoms with Crippen LogP contribution in [0.1, 0.15) is 13.8 Å². The molecular formula is C16H18N2O7S. The molecule has 2 aliphatic heterocycles. The molecule has 2 aliphatic rings. The zero-order valence-corrected chi connectivity index (χ0v) is 14.9. The smallest absolute Gasteiger partial charge is 0.328 e. The fraction of sp³-hybridized carbons (Fsp3) is 0.438. The van der Waals surface area contributed by atoms with Crippen LogP contribution in [-0.4, -0.2) is 65.0 Å². The van der Waals surface area contributed by atoms with Crippen LogP contribution in [0.25, 0.3) is 0 Å². The van der Waals surface area contributed by atoms with E-state index in [0.717, 1.165) is 4.90 Å². The number of sulfone groups is 1. The maximum absolute atomic E-state index is 12.7. The van der Waals surface area contributed by atoms with Crippen molar-refractivity contribution >= 4 is 27.6 Å². The summed E-state index contributed by atoms with van der Waals surface area (Å²) < 4.78 is 28.9. The predicted octanol–water partition coefficient (Wildman–Crippen LogP) is -0.621. The Kier molecular flexibility index (Phi) is 4.18. The summed E-state index contributed by atoms with van der Waals surface area (Å²) in [5.41, 5.74) is 0. The van der Waals surface area contributed by atoms with Crippen molar-refractivity contribution in [1.82, 2.24) is 10.2 Å². The Morgan fingerprint density at radius 1 is 1.27 bits per heavy atom. The number of β-lactam (4-membered cyclic amide) rings is 1. The fourth-order valence-electron chi connectivity index (χ4n) is 3.32. The van der Waals surface area contributed by atoms with Gasteiger partial charge in [0.1, 0.15) is 22.6 Å². The zero-order valence-electron chi connectivity index (χ0n) is 14.1. The topological polar surface area (TPSA) is 130 Å². The molecule has 9 nitrogen and oxygen atoms in total. The van der Waals surface area contributed by atoms with Crippen LogP contribution >= 0.6 is 0 Å². The Balaban J connectivity index is 1.72. The second-order valence-electron chi connectivity index (χ2n) is 6.67. The highest BCUT2D eigenvalue weighted by molar-refractivity contribution is 7.94. The molecule has 3 rings (SSSR count). The van der Waals surface area contributed by atoms with E-state index in [0.29, 0.717) is 5.75 Å². The molecule has 2 fully saturated rings. The van der Waals surface area contributed by atoms with Gasteiger partial charge in [-0.05, 0) is 26.0 Å². The Hall–Kier alpha value is -2.62. The largest absolute Gasteiger partial charge is 0.484 e. The molecule has 1 aromatic rings. The first-order chi connectivity index (χ1) is 12.1. The molecule has 10 heteroatoms. The van der Waals surface area contributed by atoms with Crippen LogP contribution in [0.15, 0.2) is 30.3 Å². The van der Waals surface area contributed by atoms with Crippen molar-refractivity contribution in [3.05, 3.63) is 30.3 Å². The van der Waals surface area contributed by atoms with Crippen molar-refractivity contribution < 1.29 is 32.6 Å². The van der Waals surface area contributed by atoms with Gasteiger partial charge < -0.3 is 20.1 Å². The van der Waals surface area contributed by atoms with Gasteiger partial charge in [0, 0.05) is 0 Å². The molecule has 0 spiro atoms. The fourth-order valence-corrected chi connectivity index (χ4v) is 5.54.